The first-order valence-corrected chi connectivity index (χ1v) is 7.83. The van der Waals surface area contributed by atoms with E-state index in [0.29, 0.717) is 6.04 Å². The second-order valence-electron chi connectivity index (χ2n) is 5.98. The van der Waals surface area contributed by atoms with E-state index in [1.54, 1.807) is 0 Å². The molecule has 0 aromatic carbocycles. The lowest BCUT2D eigenvalue weighted by Crippen LogP contribution is -2.49. The van der Waals surface area contributed by atoms with Crippen LogP contribution in [0, 0.1) is 0 Å². The van der Waals surface area contributed by atoms with Gasteiger partial charge in [-0.3, -0.25) is 4.90 Å². The Labute approximate surface area is 114 Å². The largest absolute Gasteiger partial charge is 0.315 e. The molecule has 1 N–H and O–H groups in total. The van der Waals surface area contributed by atoms with Gasteiger partial charge in [-0.05, 0) is 39.3 Å². The molecule has 18 heavy (non-hydrogen) atoms. The summed E-state index contributed by atoms with van der Waals surface area (Å²) in [4.78, 5) is 5.27. The van der Waals surface area contributed by atoms with E-state index < -0.39 is 0 Å². The zero-order valence-electron chi connectivity index (χ0n) is 12.9. The highest BCUT2D eigenvalue weighted by atomic mass is 15.3. The van der Waals surface area contributed by atoms with Gasteiger partial charge in [0.05, 0.1) is 0 Å². The van der Waals surface area contributed by atoms with E-state index in [-0.39, 0.29) is 0 Å². The zero-order valence-corrected chi connectivity index (χ0v) is 12.9. The molecule has 1 aliphatic heterocycles. The van der Waals surface area contributed by atoms with E-state index in [0.717, 1.165) is 12.6 Å². The molecule has 1 rings (SSSR count). The van der Waals surface area contributed by atoms with Crippen molar-refractivity contribution in [3.8, 4) is 0 Å². The number of hydrogen-bond donors (Lipinski definition) is 1. The van der Waals surface area contributed by atoms with E-state index in [4.69, 9.17) is 0 Å². The SMILES string of the molecule is CCCN1CCN(C(C)CCCNC(C)C)CC1. The van der Waals surface area contributed by atoms with Crippen molar-refractivity contribution in [1.82, 2.24) is 15.1 Å². The standard InChI is InChI=1S/C15H33N3/c1-5-9-17-10-12-18(13-11-17)15(4)7-6-8-16-14(2)3/h14-16H,5-13H2,1-4H3. The predicted molar refractivity (Wildman–Crippen MR) is 80.1 cm³/mol. The van der Waals surface area contributed by atoms with E-state index in [1.165, 1.54) is 52.0 Å². The van der Waals surface area contributed by atoms with Gasteiger partial charge in [-0.2, -0.15) is 0 Å². The molecule has 0 bridgehead atoms. The Hall–Kier alpha value is -0.120. The van der Waals surface area contributed by atoms with Gasteiger partial charge in [0.15, 0.2) is 0 Å². The van der Waals surface area contributed by atoms with Crippen molar-refractivity contribution in [2.75, 3.05) is 39.3 Å². The van der Waals surface area contributed by atoms with Gasteiger partial charge in [0.2, 0.25) is 0 Å². The minimum atomic E-state index is 0.623. The Morgan fingerprint density at radius 2 is 1.72 bits per heavy atom. The highest BCUT2D eigenvalue weighted by Crippen LogP contribution is 2.10. The topological polar surface area (TPSA) is 18.5 Å². The number of nitrogens with one attached hydrogen (secondary N) is 1. The van der Waals surface area contributed by atoms with Crippen molar-refractivity contribution in [2.24, 2.45) is 0 Å². The molecule has 0 aliphatic carbocycles. The van der Waals surface area contributed by atoms with Crippen LogP contribution in [0.15, 0.2) is 0 Å². The molecule has 0 saturated carbocycles. The number of hydrogen-bond acceptors (Lipinski definition) is 3. The molecule has 108 valence electrons. The van der Waals surface area contributed by atoms with Crippen LogP contribution in [0.3, 0.4) is 0 Å². The van der Waals surface area contributed by atoms with Crippen molar-refractivity contribution >= 4 is 0 Å². The van der Waals surface area contributed by atoms with Crippen molar-refractivity contribution in [3.63, 3.8) is 0 Å². The Kier molecular flexibility index (Phi) is 7.87. The second-order valence-corrected chi connectivity index (χ2v) is 5.98. The predicted octanol–water partition coefficient (Wildman–Crippen LogP) is 2.18. The van der Waals surface area contributed by atoms with Gasteiger partial charge in [-0.15, -0.1) is 0 Å². The van der Waals surface area contributed by atoms with Crippen LogP contribution in [0.1, 0.15) is 47.0 Å². The molecule has 1 heterocycles. The lowest BCUT2D eigenvalue weighted by Gasteiger charge is -2.38. The van der Waals surface area contributed by atoms with Crippen LogP contribution in [0.4, 0.5) is 0 Å². The Bertz CT molecular complexity index is 198. The van der Waals surface area contributed by atoms with Gasteiger partial charge in [0.25, 0.3) is 0 Å². The third kappa shape index (κ3) is 6.17. The summed E-state index contributed by atoms with van der Waals surface area (Å²) in [6, 6.07) is 1.38. The summed E-state index contributed by atoms with van der Waals surface area (Å²) in [6.45, 7) is 16.6. The molecule has 1 atom stereocenters. The first-order valence-electron chi connectivity index (χ1n) is 7.83. The van der Waals surface area contributed by atoms with Gasteiger partial charge in [0.1, 0.15) is 0 Å². The molecule has 3 heteroatoms. The monoisotopic (exact) mass is 255 g/mol. The fourth-order valence-corrected chi connectivity index (χ4v) is 2.71. The lowest BCUT2D eigenvalue weighted by molar-refractivity contribution is 0.0980. The van der Waals surface area contributed by atoms with Crippen LogP contribution in [-0.2, 0) is 0 Å². The highest BCUT2D eigenvalue weighted by molar-refractivity contribution is 4.76. The summed E-state index contributed by atoms with van der Waals surface area (Å²) in [6.07, 6.45) is 3.92. The molecular weight excluding hydrogens is 222 g/mol. The first-order chi connectivity index (χ1) is 8.63. The molecule has 0 aromatic rings. The molecule has 1 aliphatic rings. The van der Waals surface area contributed by atoms with Gasteiger partial charge in [-0.1, -0.05) is 20.8 Å². The number of piperazine rings is 1. The summed E-state index contributed by atoms with van der Waals surface area (Å²) in [7, 11) is 0. The molecule has 3 nitrogen and oxygen atoms in total. The third-order valence-corrected chi connectivity index (χ3v) is 3.92. The number of nitrogens with zero attached hydrogens (tertiary/aromatic N) is 2. The maximum Gasteiger partial charge on any atom is 0.0113 e. The molecule has 0 aromatic heterocycles. The normalized spacial score (nSPS) is 20.5. The summed E-state index contributed by atoms with van der Waals surface area (Å²) in [5.74, 6) is 0. The molecule has 0 amide bonds. The van der Waals surface area contributed by atoms with Crippen molar-refractivity contribution in [2.45, 2.75) is 59.0 Å². The third-order valence-electron chi connectivity index (χ3n) is 3.92. The van der Waals surface area contributed by atoms with E-state index in [2.05, 4.69) is 42.8 Å². The van der Waals surface area contributed by atoms with Gasteiger partial charge < -0.3 is 10.2 Å². The molecule has 0 radical (unpaired) electrons. The highest BCUT2D eigenvalue weighted by Gasteiger charge is 2.19. The van der Waals surface area contributed by atoms with E-state index >= 15 is 0 Å². The van der Waals surface area contributed by atoms with Crippen LogP contribution in [0.5, 0.6) is 0 Å². The van der Waals surface area contributed by atoms with Crippen LogP contribution in [0.25, 0.3) is 0 Å². The van der Waals surface area contributed by atoms with Crippen LogP contribution >= 0.6 is 0 Å². The maximum absolute atomic E-state index is 3.50. The van der Waals surface area contributed by atoms with E-state index in [1.807, 2.05) is 0 Å². The van der Waals surface area contributed by atoms with Crippen molar-refractivity contribution in [1.29, 1.82) is 0 Å². The second kappa shape index (κ2) is 8.89. The van der Waals surface area contributed by atoms with Crippen molar-refractivity contribution < 1.29 is 0 Å². The summed E-state index contributed by atoms with van der Waals surface area (Å²) in [5, 5.41) is 3.50. The average Bonchev–Trinajstić information content (AvgIpc) is 2.35. The molecular formula is C15H33N3. The Balaban J connectivity index is 2.10. The lowest BCUT2D eigenvalue weighted by atomic mass is 10.1. The van der Waals surface area contributed by atoms with Crippen LogP contribution in [0.2, 0.25) is 0 Å². The maximum atomic E-state index is 3.50. The van der Waals surface area contributed by atoms with E-state index in [9.17, 15) is 0 Å². The first kappa shape index (κ1) is 15.9. The quantitative estimate of drug-likeness (QED) is 0.671. The molecule has 0 spiro atoms. The van der Waals surface area contributed by atoms with Crippen LogP contribution < -0.4 is 5.32 Å². The van der Waals surface area contributed by atoms with Gasteiger partial charge in [0, 0.05) is 38.3 Å². The number of rotatable bonds is 8. The molecule has 1 saturated heterocycles. The van der Waals surface area contributed by atoms with Gasteiger partial charge >= 0.3 is 0 Å². The summed E-state index contributed by atoms with van der Waals surface area (Å²) < 4.78 is 0. The molecule has 1 unspecified atom stereocenters. The average molecular weight is 255 g/mol. The van der Waals surface area contributed by atoms with Crippen molar-refractivity contribution in [3.05, 3.63) is 0 Å². The van der Waals surface area contributed by atoms with Gasteiger partial charge in [-0.25, -0.2) is 0 Å². The molecule has 1 fully saturated rings. The minimum Gasteiger partial charge on any atom is -0.315 e. The summed E-state index contributed by atoms with van der Waals surface area (Å²) in [5.41, 5.74) is 0. The zero-order chi connectivity index (χ0) is 13.4. The fourth-order valence-electron chi connectivity index (χ4n) is 2.71. The smallest absolute Gasteiger partial charge is 0.0113 e. The fraction of sp³-hybridized carbons (Fsp3) is 1.00. The Morgan fingerprint density at radius 3 is 2.28 bits per heavy atom. The van der Waals surface area contributed by atoms with Crippen LogP contribution in [-0.4, -0.2) is 61.2 Å². The summed E-state index contributed by atoms with van der Waals surface area (Å²) >= 11 is 0. The Morgan fingerprint density at radius 1 is 1.06 bits per heavy atom. The minimum absolute atomic E-state index is 0.623.